The molecule has 12 heteroatoms. The lowest BCUT2D eigenvalue weighted by Gasteiger charge is -2.11. The second kappa shape index (κ2) is 12.7. The molecule has 196 valence electrons. The van der Waals surface area contributed by atoms with Gasteiger partial charge in [-0.1, -0.05) is 35.3 Å². The number of nitrogens with zero attached hydrogens (tertiary/aromatic N) is 2. The Bertz CT molecular complexity index is 1450. The normalized spacial score (nSPS) is 11.5. The van der Waals surface area contributed by atoms with Crippen molar-refractivity contribution >= 4 is 58.0 Å². The molecule has 10 nitrogen and oxygen atoms in total. The Morgan fingerprint density at radius 1 is 0.921 bits per heavy atom. The third kappa shape index (κ3) is 6.87. The monoisotopic (exact) mass is 556 g/mol. The summed E-state index contributed by atoms with van der Waals surface area (Å²) in [4.78, 5) is 38.0. The number of rotatable bonds is 8. The minimum absolute atomic E-state index is 0.0336. The van der Waals surface area contributed by atoms with Crippen LogP contribution in [0.15, 0.2) is 82.3 Å². The zero-order valence-electron chi connectivity index (χ0n) is 20.4. The molecule has 0 bridgehead atoms. The van der Waals surface area contributed by atoms with Crippen molar-refractivity contribution in [3.63, 3.8) is 0 Å². The second-order valence-corrected chi connectivity index (χ2v) is 8.43. The third-order valence-electron chi connectivity index (χ3n) is 5.01. The highest BCUT2D eigenvalue weighted by atomic mass is 35.5. The number of amides is 2. The number of methoxy groups -OCH3 is 2. The summed E-state index contributed by atoms with van der Waals surface area (Å²) >= 11 is 12.1. The van der Waals surface area contributed by atoms with E-state index < -0.39 is 29.2 Å². The maximum Gasteiger partial charge on any atom is 0.340 e. The summed E-state index contributed by atoms with van der Waals surface area (Å²) in [6, 6.07) is 15.2. The SMILES string of the molecule is COC(=O)c1ccc(C(=O)Nc2cc(Cl)ccc2Cl)cc1N=N/C(C(=O)Nc1ccccc1OC)=C(\C)O. The maximum atomic E-state index is 12.9. The third-order valence-corrected chi connectivity index (χ3v) is 5.58. The van der Waals surface area contributed by atoms with Gasteiger partial charge < -0.3 is 25.2 Å². The van der Waals surface area contributed by atoms with Gasteiger partial charge in [-0.05, 0) is 55.5 Å². The number of para-hydroxylation sites is 2. The van der Waals surface area contributed by atoms with E-state index in [9.17, 15) is 19.5 Å². The first kappa shape index (κ1) is 28.2. The molecule has 0 aliphatic rings. The van der Waals surface area contributed by atoms with Gasteiger partial charge in [-0.15, -0.1) is 10.2 Å². The molecular formula is C26H22Cl2N4O6. The molecule has 0 atom stereocenters. The van der Waals surface area contributed by atoms with Crippen LogP contribution in [0, 0.1) is 0 Å². The fourth-order valence-corrected chi connectivity index (χ4v) is 3.48. The van der Waals surface area contributed by atoms with E-state index in [2.05, 4.69) is 20.9 Å². The number of carbonyl (C=O) groups excluding carboxylic acids is 3. The van der Waals surface area contributed by atoms with E-state index in [1.165, 1.54) is 51.5 Å². The molecule has 0 aliphatic heterocycles. The van der Waals surface area contributed by atoms with Crippen LogP contribution in [-0.2, 0) is 9.53 Å². The summed E-state index contributed by atoms with van der Waals surface area (Å²) < 4.78 is 9.99. The molecule has 0 aliphatic carbocycles. The van der Waals surface area contributed by atoms with Crippen LogP contribution in [0.3, 0.4) is 0 Å². The molecule has 3 aromatic rings. The average Bonchev–Trinajstić information content (AvgIpc) is 2.90. The molecule has 3 rings (SSSR count). The number of nitrogens with one attached hydrogen (secondary N) is 2. The lowest BCUT2D eigenvalue weighted by molar-refractivity contribution is -0.113. The van der Waals surface area contributed by atoms with Gasteiger partial charge in [0.2, 0.25) is 0 Å². The number of hydrogen-bond donors (Lipinski definition) is 3. The van der Waals surface area contributed by atoms with Crippen LogP contribution in [0.25, 0.3) is 0 Å². The summed E-state index contributed by atoms with van der Waals surface area (Å²) in [5, 5.41) is 23.8. The number of hydrogen-bond acceptors (Lipinski definition) is 8. The largest absolute Gasteiger partial charge is 0.510 e. The number of allylic oxidation sites excluding steroid dienone is 1. The molecule has 0 heterocycles. The molecule has 0 unspecified atom stereocenters. The van der Waals surface area contributed by atoms with Gasteiger partial charge in [0.25, 0.3) is 11.8 Å². The number of esters is 1. The lowest BCUT2D eigenvalue weighted by Crippen LogP contribution is -2.15. The first-order valence-electron chi connectivity index (χ1n) is 10.9. The molecule has 38 heavy (non-hydrogen) atoms. The smallest absolute Gasteiger partial charge is 0.340 e. The van der Waals surface area contributed by atoms with Crippen LogP contribution in [0.4, 0.5) is 17.1 Å². The van der Waals surface area contributed by atoms with Crippen molar-refractivity contribution in [2.45, 2.75) is 6.92 Å². The van der Waals surface area contributed by atoms with Gasteiger partial charge in [-0.25, -0.2) is 4.79 Å². The minimum atomic E-state index is -0.789. The Hall–Kier alpha value is -4.41. The first-order chi connectivity index (χ1) is 18.1. The van der Waals surface area contributed by atoms with Crippen LogP contribution in [0.1, 0.15) is 27.6 Å². The zero-order valence-corrected chi connectivity index (χ0v) is 21.9. The van der Waals surface area contributed by atoms with Crippen molar-refractivity contribution in [2.24, 2.45) is 10.2 Å². The van der Waals surface area contributed by atoms with Crippen molar-refractivity contribution in [3.8, 4) is 5.75 Å². The number of anilines is 2. The quantitative estimate of drug-likeness (QED) is 0.124. The van der Waals surface area contributed by atoms with E-state index in [1.54, 1.807) is 30.3 Å². The van der Waals surface area contributed by atoms with Gasteiger partial charge in [-0.2, -0.15) is 0 Å². The molecule has 0 saturated carbocycles. The maximum absolute atomic E-state index is 12.9. The van der Waals surface area contributed by atoms with E-state index in [1.807, 2.05) is 0 Å². The summed E-state index contributed by atoms with van der Waals surface area (Å²) in [6.45, 7) is 1.25. The number of azo groups is 1. The van der Waals surface area contributed by atoms with Crippen LogP contribution < -0.4 is 15.4 Å². The van der Waals surface area contributed by atoms with Gasteiger partial charge in [0.15, 0.2) is 5.70 Å². The number of benzene rings is 3. The first-order valence-corrected chi connectivity index (χ1v) is 11.6. The van der Waals surface area contributed by atoms with Crippen molar-refractivity contribution in [1.29, 1.82) is 0 Å². The van der Waals surface area contributed by atoms with Crippen LogP contribution >= 0.6 is 23.2 Å². The number of halogens is 2. The molecular weight excluding hydrogens is 535 g/mol. The average molecular weight is 557 g/mol. The predicted octanol–water partition coefficient (Wildman–Crippen LogP) is 6.55. The summed E-state index contributed by atoms with van der Waals surface area (Å²) in [5.41, 5.74) is 0.139. The van der Waals surface area contributed by atoms with Crippen molar-refractivity contribution < 1.29 is 29.0 Å². The summed E-state index contributed by atoms with van der Waals surface area (Å²) in [7, 11) is 2.62. The van der Waals surface area contributed by atoms with Crippen LogP contribution in [-0.4, -0.2) is 37.1 Å². The van der Waals surface area contributed by atoms with Gasteiger partial charge in [0.05, 0.1) is 36.2 Å². The number of aliphatic hydroxyl groups is 1. The van der Waals surface area contributed by atoms with E-state index in [0.29, 0.717) is 16.5 Å². The standard InChI is InChI=1S/C26H22Cl2N4O6/c1-14(33)23(25(35)29-19-6-4-5-7-22(19)37-2)32-31-20-12-15(8-10-17(20)26(36)38-3)24(34)30-21-13-16(27)9-11-18(21)28/h4-13,33H,1-3H3,(H,29,35)(H,30,34)/b23-14+,32-31?. The molecule has 0 saturated heterocycles. The number of aliphatic hydroxyl groups excluding tert-OH is 1. The molecule has 0 fully saturated rings. The Morgan fingerprint density at radius 2 is 1.66 bits per heavy atom. The fraction of sp³-hybridized carbons (Fsp3) is 0.115. The summed E-state index contributed by atoms with van der Waals surface area (Å²) in [6.07, 6.45) is 0. The van der Waals surface area contributed by atoms with Crippen LogP contribution in [0.2, 0.25) is 10.0 Å². The molecule has 0 aromatic heterocycles. The summed E-state index contributed by atoms with van der Waals surface area (Å²) in [5.74, 6) is -2.18. The Balaban J connectivity index is 1.94. The highest BCUT2D eigenvalue weighted by Gasteiger charge is 2.19. The van der Waals surface area contributed by atoms with E-state index >= 15 is 0 Å². The van der Waals surface area contributed by atoms with E-state index in [0.717, 1.165) is 0 Å². The van der Waals surface area contributed by atoms with E-state index in [4.69, 9.17) is 32.7 Å². The topological polar surface area (TPSA) is 139 Å². The Morgan fingerprint density at radius 3 is 2.34 bits per heavy atom. The molecule has 3 aromatic carbocycles. The lowest BCUT2D eigenvalue weighted by atomic mass is 10.1. The predicted molar refractivity (Wildman–Crippen MR) is 144 cm³/mol. The molecule has 0 radical (unpaired) electrons. The second-order valence-electron chi connectivity index (χ2n) is 7.59. The molecule has 0 spiro atoms. The van der Waals surface area contributed by atoms with Gasteiger partial charge in [0, 0.05) is 10.6 Å². The Kier molecular flexibility index (Phi) is 9.42. The molecule has 2 amide bonds. The zero-order chi connectivity index (χ0) is 27.8. The minimum Gasteiger partial charge on any atom is -0.510 e. The Labute approximate surface area is 227 Å². The van der Waals surface area contributed by atoms with Crippen molar-refractivity contribution in [2.75, 3.05) is 24.9 Å². The highest BCUT2D eigenvalue weighted by Crippen LogP contribution is 2.29. The van der Waals surface area contributed by atoms with E-state index in [-0.39, 0.29) is 27.5 Å². The highest BCUT2D eigenvalue weighted by molar-refractivity contribution is 6.35. The van der Waals surface area contributed by atoms with Gasteiger partial charge in [-0.3, -0.25) is 9.59 Å². The van der Waals surface area contributed by atoms with Gasteiger partial charge in [0.1, 0.15) is 17.2 Å². The number of ether oxygens (including phenoxy) is 2. The molecule has 3 N–H and O–H groups in total. The van der Waals surface area contributed by atoms with Crippen LogP contribution in [0.5, 0.6) is 5.75 Å². The number of carbonyl (C=O) groups is 3. The van der Waals surface area contributed by atoms with Crippen molar-refractivity contribution in [3.05, 3.63) is 93.3 Å². The van der Waals surface area contributed by atoms with Crippen molar-refractivity contribution in [1.82, 2.24) is 0 Å². The van der Waals surface area contributed by atoms with Gasteiger partial charge >= 0.3 is 5.97 Å². The fourth-order valence-electron chi connectivity index (χ4n) is 3.14.